The number of halogens is 3. The molecule has 0 aliphatic carbocycles. The van der Waals surface area contributed by atoms with Gasteiger partial charge in [0, 0.05) is 0 Å². The molecule has 2 N–H and O–H groups in total. The summed E-state index contributed by atoms with van der Waals surface area (Å²) in [6, 6.07) is 7.18. The molecule has 7 heteroatoms. The van der Waals surface area contributed by atoms with Crippen LogP contribution in [0.5, 0.6) is 0 Å². The van der Waals surface area contributed by atoms with Gasteiger partial charge < -0.3 is 10.3 Å². The summed E-state index contributed by atoms with van der Waals surface area (Å²) in [6.45, 7) is -0.0520. The van der Waals surface area contributed by atoms with E-state index in [4.69, 9.17) is 0 Å². The van der Waals surface area contributed by atoms with E-state index in [-0.39, 0.29) is 6.54 Å². The van der Waals surface area contributed by atoms with Crippen molar-refractivity contribution >= 4 is 16.9 Å². The minimum Gasteiger partial charge on any atom is -0.349 e. The van der Waals surface area contributed by atoms with Crippen LogP contribution in [0.2, 0.25) is 0 Å². The first kappa shape index (κ1) is 12.4. The van der Waals surface area contributed by atoms with E-state index in [0.717, 1.165) is 5.52 Å². The fraction of sp³-hybridized carbons (Fsp3) is 0.273. The predicted molar refractivity (Wildman–Crippen MR) is 58.6 cm³/mol. The smallest absolute Gasteiger partial charge is 0.349 e. The van der Waals surface area contributed by atoms with Crippen molar-refractivity contribution in [2.75, 3.05) is 0 Å². The molecule has 18 heavy (non-hydrogen) atoms. The van der Waals surface area contributed by atoms with Gasteiger partial charge in [0.15, 0.2) is 0 Å². The second-order valence-electron chi connectivity index (χ2n) is 3.77. The van der Waals surface area contributed by atoms with Crippen molar-refractivity contribution in [2.24, 2.45) is 0 Å². The van der Waals surface area contributed by atoms with E-state index in [9.17, 15) is 18.0 Å². The maximum Gasteiger partial charge on any atom is 0.397 e. The lowest BCUT2D eigenvalue weighted by Gasteiger charge is -2.06. The molecule has 96 valence electrons. The average molecular weight is 257 g/mol. The van der Waals surface area contributed by atoms with Gasteiger partial charge in [0.25, 0.3) is 0 Å². The molecule has 1 aromatic heterocycles. The quantitative estimate of drug-likeness (QED) is 0.885. The number of carbonyl (C=O) groups is 1. The number of nitrogens with one attached hydrogen (secondary N) is 2. The van der Waals surface area contributed by atoms with Gasteiger partial charge in [-0.1, -0.05) is 12.1 Å². The Morgan fingerprint density at radius 2 is 2.06 bits per heavy atom. The minimum absolute atomic E-state index is 0.0520. The largest absolute Gasteiger partial charge is 0.397 e. The number of nitrogens with zero attached hydrogens (tertiary/aromatic N) is 1. The van der Waals surface area contributed by atoms with Gasteiger partial charge in [0.05, 0.1) is 17.6 Å². The number of H-pyrrole nitrogens is 1. The van der Waals surface area contributed by atoms with E-state index in [1.165, 1.54) is 0 Å². The molecule has 1 heterocycles. The molecule has 0 bridgehead atoms. The van der Waals surface area contributed by atoms with Gasteiger partial charge in [0.1, 0.15) is 12.2 Å². The van der Waals surface area contributed by atoms with Crippen LogP contribution in [0.1, 0.15) is 12.2 Å². The lowest BCUT2D eigenvalue weighted by Crippen LogP contribution is -2.28. The lowest BCUT2D eigenvalue weighted by atomic mass is 10.3. The maximum absolute atomic E-state index is 11.9. The van der Waals surface area contributed by atoms with Gasteiger partial charge in [-0.05, 0) is 12.1 Å². The first-order valence-corrected chi connectivity index (χ1v) is 5.21. The molecular weight excluding hydrogens is 247 g/mol. The number of imidazole rings is 1. The van der Waals surface area contributed by atoms with Crippen LogP contribution in [0.3, 0.4) is 0 Å². The Morgan fingerprint density at radius 3 is 2.72 bits per heavy atom. The zero-order valence-corrected chi connectivity index (χ0v) is 9.21. The molecule has 0 fully saturated rings. The zero-order chi connectivity index (χ0) is 13.2. The minimum atomic E-state index is -4.49. The Bertz CT molecular complexity index is 529. The molecule has 0 aliphatic heterocycles. The molecule has 0 saturated carbocycles. The highest BCUT2D eigenvalue weighted by atomic mass is 19.4. The molecular formula is C11H10F3N3O. The highest BCUT2D eigenvalue weighted by molar-refractivity contribution is 5.77. The fourth-order valence-electron chi connectivity index (χ4n) is 1.52. The third-order valence-corrected chi connectivity index (χ3v) is 2.25. The molecule has 0 spiro atoms. The van der Waals surface area contributed by atoms with Crippen molar-refractivity contribution in [3.63, 3.8) is 0 Å². The first-order chi connectivity index (χ1) is 8.44. The summed E-state index contributed by atoms with van der Waals surface area (Å²) in [7, 11) is 0. The van der Waals surface area contributed by atoms with Gasteiger partial charge in [-0.2, -0.15) is 13.2 Å². The van der Waals surface area contributed by atoms with Gasteiger partial charge in [-0.3, -0.25) is 4.79 Å². The second kappa shape index (κ2) is 4.67. The van der Waals surface area contributed by atoms with Gasteiger partial charge in [-0.25, -0.2) is 4.98 Å². The topological polar surface area (TPSA) is 57.8 Å². The number of aromatic nitrogens is 2. The number of fused-ring (bicyclic) bond motifs is 1. The Hall–Kier alpha value is -2.05. The van der Waals surface area contributed by atoms with Crippen LogP contribution in [0, 0.1) is 0 Å². The van der Waals surface area contributed by atoms with E-state index in [1.54, 1.807) is 18.2 Å². The van der Waals surface area contributed by atoms with Crippen LogP contribution in [0.15, 0.2) is 24.3 Å². The van der Waals surface area contributed by atoms with Crippen LogP contribution < -0.4 is 5.32 Å². The highest BCUT2D eigenvalue weighted by Crippen LogP contribution is 2.19. The summed E-state index contributed by atoms with van der Waals surface area (Å²) in [5, 5.41) is 2.16. The Balaban J connectivity index is 1.96. The third-order valence-electron chi connectivity index (χ3n) is 2.25. The van der Waals surface area contributed by atoms with Crippen LogP contribution in [0.4, 0.5) is 13.2 Å². The average Bonchev–Trinajstić information content (AvgIpc) is 2.66. The molecule has 0 radical (unpaired) electrons. The van der Waals surface area contributed by atoms with E-state index in [0.29, 0.717) is 11.3 Å². The Morgan fingerprint density at radius 1 is 1.33 bits per heavy atom. The van der Waals surface area contributed by atoms with Crippen molar-refractivity contribution in [2.45, 2.75) is 19.1 Å². The number of carbonyl (C=O) groups excluding carboxylic acids is 1. The fourth-order valence-corrected chi connectivity index (χ4v) is 1.52. The third kappa shape index (κ3) is 3.22. The van der Waals surface area contributed by atoms with Crippen molar-refractivity contribution in [1.82, 2.24) is 15.3 Å². The number of amides is 1. The summed E-state index contributed by atoms with van der Waals surface area (Å²) >= 11 is 0. The molecule has 0 atom stereocenters. The van der Waals surface area contributed by atoms with E-state index in [1.807, 2.05) is 6.07 Å². The van der Waals surface area contributed by atoms with Crippen molar-refractivity contribution in [3.05, 3.63) is 30.1 Å². The number of alkyl halides is 3. The summed E-state index contributed by atoms with van der Waals surface area (Å²) in [4.78, 5) is 18.0. The Kier molecular flexibility index (Phi) is 3.22. The highest BCUT2D eigenvalue weighted by Gasteiger charge is 2.30. The summed E-state index contributed by atoms with van der Waals surface area (Å²) < 4.78 is 35.7. The molecule has 0 aliphatic rings. The van der Waals surface area contributed by atoms with Crippen LogP contribution in [-0.2, 0) is 11.3 Å². The molecule has 0 saturated heterocycles. The monoisotopic (exact) mass is 257 g/mol. The summed E-state index contributed by atoms with van der Waals surface area (Å²) in [5.74, 6) is -0.644. The number of aromatic amines is 1. The maximum atomic E-state index is 11.9. The molecule has 2 aromatic rings. The standard InChI is InChI=1S/C11H10F3N3O/c12-11(13,14)5-10(18)15-6-9-16-7-3-1-2-4-8(7)17-9/h1-4H,5-6H2,(H,15,18)(H,16,17). The van der Waals surface area contributed by atoms with Crippen molar-refractivity contribution in [1.29, 1.82) is 0 Å². The SMILES string of the molecule is O=C(CC(F)(F)F)NCc1nc2ccccc2[nH]1. The lowest BCUT2D eigenvalue weighted by molar-refractivity contribution is -0.153. The molecule has 4 nitrogen and oxygen atoms in total. The molecule has 1 aromatic carbocycles. The number of hydrogen-bond acceptors (Lipinski definition) is 2. The number of rotatable bonds is 3. The molecule has 1 amide bonds. The van der Waals surface area contributed by atoms with Crippen LogP contribution in [0.25, 0.3) is 11.0 Å². The zero-order valence-electron chi connectivity index (χ0n) is 9.21. The van der Waals surface area contributed by atoms with E-state index < -0.39 is 18.5 Å². The van der Waals surface area contributed by atoms with Crippen LogP contribution >= 0.6 is 0 Å². The summed E-state index contributed by atoms with van der Waals surface area (Å²) in [5.41, 5.74) is 1.48. The predicted octanol–water partition coefficient (Wildman–Crippen LogP) is 2.13. The Labute approximate surface area is 100 Å². The number of benzene rings is 1. The second-order valence-corrected chi connectivity index (χ2v) is 3.77. The van der Waals surface area contributed by atoms with Gasteiger partial charge in [-0.15, -0.1) is 0 Å². The first-order valence-electron chi connectivity index (χ1n) is 5.21. The number of para-hydroxylation sites is 2. The van der Waals surface area contributed by atoms with Gasteiger partial charge in [0.2, 0.25) is 5.91 Å². The van der Waals surface area contributed by atoms with Crippen LogP contribution in [-0.4, -0.2) is 22.1 Å². The molecule has 2 rings (SSSR count). The number of hydrogen-bond donors (Lipinski definition) is 2. The summed E-state index contributed by atoms with van der Waals surface area (Å²) in [6.07, 6.45) is -5.97. The normalized spacial score (nSPS) is 11.7. The van der Waals surface area contributed by atoms with Gasteiger partial charge >= 0.3 is 6.18 Å². The van der Waals surface area contributed by atoms with Crippen molar-refractivity contribution < 1.29 is 18.0 Å². The van der Waals surface area contributed by atoms with E-state index >= 15 is 0 Å². The van der Waals surface area contributed by atoms with E-state index in [2.05, 4.69) is 15.3 Å². The molecule has 0 unspecified atom stereocenters. The van der Waals surface area contributed by atoms with Crippen molar-refractivity contribution in [3.8, 4) is 0 Å².